The summed E-state index contributed by atoms with van der Waals surface area (Å²) in [4.78, 5) is 2.37. The minimum Gasteiger partial charge on any atom is -0.489 e. The number of halogens is 3. The SMILES string of the molecule is C/C(=N\NS(=O)(=O)c1ccc(C)cc1)c1ccc(OCc2c(-c3c(Cl)cccc3Cl)noc2C(C)C)cc1Cl. The summed E-state index contributed by atoms with van der Waals surface area (Å²) < 4.78 is 36.8. The normalized spacial score (nSPS) is 12.2. The summed E-state index contributed by atoms with van der Waals surface area (Å²) in [6.45, 7) is 7.65. The van der Waals surface area contributed by atoms with E-state index in [1.807, 2.05) is 20.8 Å². The Morgan fingerprint density at radius 1 is 1.03 bits per heavy atom. The van der Waals surface area contributed by atoms with Gasteiger partial charge in [-0.05, 0) is 56.3 Å². The first-order valence-electron chi connectivity index (χ1n) is 12.0. The molecule has 1 aromatic heterocycles. The first kappa shape index (κ1) is 29.0. The number of rotatable bonds is 9. The van der Waals surface area contributed by atoms with Crippen molar-refractivity contribution in [3.05, 3.63) is 98.2 Å². The molecule has 0 bridgehead atoms. The van der Waals surface area contributed by atoms with Crippen LogP contribution < -0.4 is 9.57 Å². The molecule has 0 fully saturated rings. The number of nitrogens with one attached hydrogen (secondary N) is 1. The largest absolute Gasteiger partial charge is 0.489 e. The van der Waals surface area contributed by atoms with Crippen LogP contribution >= 0.6 is 34.8 Å². The summed E-state index contributed by atoms with van der Waals surface area (Å²) in [7, 11) is -3.82. The molecule has 0 radical (unpaired) electrons. The number of aryl methyl sites for hydroxylation is 1. The number of nitrogens with zero attached hydrogens (tertiary/aromatic N) is 2. The zero-order chi connectivity index (χ0) is 28.3. The fourth-order valence-electron chi connectivity index (χ4n) is 3.83. The molecule has 4 rings (SSSR count). The van der Waals surface area contributed by atoms with Crippen LogP contribution in [-0.4, -0.2) is 19.3 Å². The second-order valence-corrected chi connectivity index (χ2v) is 12.0. The lowest BCUT2D eigenvalue weighted by Gasteiger charge is -2.12. The summed E-state index contributed by atoms with van der Waals surface area (Å²) in [5.41, 5.74) is 3.70. The van der Waals surface area contributed by atoms with E-state index in [1.54, 1.807) is 55.5 Å². The van der Waals surface area contributed by atoms with Crippen molar-refractivity contribution in [3.63, 3.8) is 0 Å². The van der Waals surface area contributed by atoms with E-state index >= 15 is 0 Å². The molecule has 0 saturated heterocycles. The van der Waals surface area contributed by atoms with Gasteiger partial charge in [-0.3, -0.25) is 0 Å². The highest BCUT2D eigenvalue weighted by atomic mass is 35.5. The Bertz CT molecular complexity index is 1610. The number of ether oxygens (including phenoxy) is 1. The molecule has 0 spiro atoms. The van der Waals surface area contributed by atoms with E-state index in [0.717, 1.165) is 11.1 Å². The molecule has 0 saturated carbocycles. The lowest BCUT2D eigenvalue weighted by atomic mass is 10.0. The van der Waals surface area contributed by atoms with Gasteiger partial charge < -0.3 is 9.26 Å². The molecule has 1 heterocycles. The van der Waals surface area contributed by atoms with Gasteiger partial charge in [-0.15, -0.1) is 0 Å². The van der Waals surface area contributed by atoms with Crippen LogP contribution in [0.2, 0.25) is 15.1 Å². The molecule has 7 nitrogen and oxygen atoms in total. The van der Waals surface area contributed by atoms with Gasteiger partial charge in [0.2, 0.25) is 0 Å². The predicted octanol–water partition coefficient (Wildman–Crippen LogP) is 8.02. The number of hydrogen-bond donors (Lipinski definition) is 1. The highest BCUT2D eigenvalue weighted by Gasteiger charge is 2.24. The molecular formula is C28H26Cl3N3O4S. The van der Waals surface area contributed by atoms with Gasteiger partial charge in [-0.1, -0.05) is 77.6 Å². The van der Waals surface area contributed by atoms with E-state index < -0.39 is 10.0 Å². The molecule has 3 aromatic carbocycles. The average molecular weight is 607 g/mol. The van der Waals surface area contributed by atoms with Crippen molar-refractivity contribution in [2.75, 3.05) is 0 Å². The van der Waals surface area contributed by atoms with E-state index in [0.29, 0.717) is 49.1 Å². The average Bonchev–Trinajstić information content (AvgIpc) is 3.30. The van der Waals surface area contributed by atoms with Crippen molar-refractivity contribution in [2.24, 2.45) is 5.10 Å². The number of sulfonamides is 1. The minimum absolute atomic E-state index is 0.0413. The number of aromatic nitrogens is 1. The van der Waals surface area contributed by atoms with Crippen molar-refractivity contribution in [3.8, 4) is 17.0 Å². The van der Waals surface area contributed by atoms with Crippen molar-refractivity contribution in [1.29, 1.82) is 0 Å². The summed E-state index contributed by atoms with van der Waals surface area (Å²) in [6, 6.07) is 16.8. The molecule has 204 valence electrons. The van der Waals surface area contributed by atoms with Gasteiger partial charge in [-0.25, -0.2) is 0 Å². The molecule has 0 amide bonds. The lowest BCUT2D eigenvalue weighted by Crippen LogP contribution is -2.20. The number of hydrogen-bond acceptors (Lipinski definition) is 6. The van der Waals surface area contributed by atoms with Gasteiger partial charge in [0.25, 0.3) is 10.0 Å². The second kappa shape index (κ2) is 12.0. The highest BCUT2D eigenvalue weighted by molar-refractivity contribution is 7.89. The third-order valence-corrected chi connectivity index (χ3v) is 8.09. The van der Waals surface area contributed by atoms with Crippen LogP contribution in [0.1, 0.15) is 49.1 Å². The van der Waals surface area contributed by atoms with Gasteiger partial charge in [-0.2, -0.15) is 18.4 Å². The maximum absolute atomic E-state index is 12.6. The molecule has 0 atom stereocenters. The number of hydrazone groups is 1. The standard InChI is InChI=1S/C28H26Cl3N3O4S/c1-16(2)28-22(27(33-38-28)26-23(29)6-5-7-24(26)30)15-37-19-10-13-21(25(31)14-19)18(4)32-34-39(35,36)20-11-8-17(3)9-12-20/h5-14,16,34H,15H2,1-4H3/b32-18+. The predicted molar refractivity (Wildman–Crippen MR) is 156 cm³/mol. The van der Waals surface area contributed by atoms with E-state index in [1.165, 1.54) is 12.1 Å². The van der Waals surface area contributed by atoms with Gasteiger partial charge >= 0.3 is 0 Å². The van der Waals surface area contributed by atoms with E-state index in [2.05, 4.69) is 15.1 Å². The quantitative estimate of drug-likeness (QED) is 0.154. The van der Waals surface area contributed by atoms with Gasteiger partial charge in [0, 0.05) is 17.0 Å². The molecule has 0 aliphatic rings. The van der Waals surface area contributed by atoms with Crippen molar-refractivity contribution in [2.45, 2.75) is 45.1 Å². The summed E-state index contributed by atoms with van der Waals surface area (Å²) >= 11 is 19.4. The van der Waals surface area contributed by atoms with Crippen LogP contribution in [0, 0.1) is 6.92 Å². The minimum atomic E-state index is -3.82. The van der Waals surface area contributed by atoms with Crippen LogP contribution in [0.5, 0.6) is 5.75 Å². The Balaban J connectivity index is 1.54. The number of benzene rings is 3. The highest BCUT2D eigenvalue weighted by Crippen LogP contribution is 2.39. The van der Waals surface area contributed by atoms with Crippen LogP contribution in [0.3, 0.4) is 0 Å². The molecule has 39 heavy (non-hydrogen) atoms. The fraction of sp³-hybridized carbons (Fsp3) is 0.214. The summed E-state index contributed by atoms with van der Waals surface area (Å²) in [5.74, 6) is 1.19. The molecule has 4 aromatic rings. The molecular weight excluding hydrogens is 581 g/mol. The smallest absolute Gasteiger partial charge is 0.276 e. The van der Waals surface area contributed by atoms with Crippen LogP contribution in [0.4, 0.5) is 0 Å². The Hall–Kier alpha value is -3.04. The molecule has 0 unspecified atom stereocenters. The molecule has 0 aliphatic carbocycles. The Labute approximate surface area is 242 Å². The van der Waals surface area contributed by atoms with Crippen LogP contribution in [-0.2, 0) is 16.6 Å². The lowest BCUT2D eigenvalue weighted by molar-refractivity contribution is 0.298. The molecule has 1 N–H and O–H groups in total. The maximum atomic E-state index is 12.6. The summed E-state index contributed by atoms with van der Waals surface area (Å²) in [6.07, 6.45) is 0. The zero-order valence-corrected chi connectivity index (χ0v) is 24.7. The zero-order valence-electron chi connectivity index (χ0n) is 21.6. The Morgan fingerprint density at radius 3 is 2.31 bits per heavy atom. The Morgan fingerprint density at radius 2 is 1.69 bits per heavy atom. The second-order valence-electron chi connectivity index (χ2n) is 9.16. The molecule has 11 heteroatoms. The Kier molecular flexibility index (Phi) is 8.91. The van der Waals surface area contributed by atoms with Crippen molar-refractivity contribution < 1.29 is 17.7 Å². The monoisotopic (exact) mass is 605 g/mol. The van der Waals surface area contributed by atoms with Crippen LogP contribution in [0.25, 0.3) is 11.3 Å². The van der Waals surface area contributed by atoms with E-state index in [4.69, 9.17) is 44.1 Å². The maximum Gasteiger partial charge on any atom is 0.276 e. The first-order chi connectivity index (χ1) is 18.5. The third kappa shape index (κ3) is 6.58. The first-order valence-corrected chi connectivity index (χ1v) is 14.6. The van der Waals surface area contributed by atoms with Gasteiger partial charge in [0.1, 0.15) is 23.8 Å². The van der Waals surface area contributed by atoms with E-state index in [9.17, 15) is 8.42 Å². The van der Waals surface area contributed by atoms with Crippen molar-refractivity contribution in [1.82, 2.24) is 9.99 Å². The topological polar surface area (TPSA) is 93.8 Å². The van der Waals surface area contributed by atoms with Crippen LogP contribution in [0.15, 0.2) is 75.2 Å². The van der Waals surface area contributed by atoms with Gasteiger partial charge in [0.15, 0.2) is 0 Å². The van der Waals surface area contributed by atoms with E-state index in [-0.39, 0.29) is 17.4 Å². The van der Waals surface area contributed by atoms with Gasteiger partial charge in [0.05, 0.1) is 31.2 Å². The third-order valence-electron chi connectivity index (χ3n) is 5.92. The summed E-state index contributed by atoms with van der Waals surface area (Å²) in [5, 5.41) is 9.53. The molecule has 0 aliphatic heterocycles. The fourth-order valence-corrected chi connectivity index (χ4v) is 5.57. The van der Waals surface area contributed by atoms with Crippen molar-refractivity contribution >= 4 is 50.5 Å².